The van der Waals surface area contributed by atoms with Gasteiger partial charge in [0.2, 0.25) is 27.7 Å². The van der Waals surface area contributed by atoms with Crippen LogP contribution in [0.4, 0.5) is 8.78 Å². The molecule has 14 heteroatoms. The van der Waals surface area contributed by atoms with E-state index in [4.69, 9.17) is 5.14 Å². The molecule has 2 aliphatic rings. The third-order valence-corrected chi connectivity index (χ3v) is 9.90. The molecule has 0 heterocycles. The number of hydrazine groups is 1. The minimum absolute atomic E-state index is 0.0240. The van der Waals surface area contributed by atoms with E-state index in [-0.39, 0.29) is 75.6 Å². The molecule has 3 amide bonds. The van der Waals surface area contributed by atoms with Crippen LogP contribution in [0.3, 0.4) is 0 Å². The number of likely N-dealkylation sites (N-methyl/N-ethyl adjacent to an activating group) is 1. The summed E-state index contributed by atoms with van der Waals surface area (Å²) >= 11 is 0. The highest BCUT2D eigenvalue weighted by atomic mass is 32.2. The van der Waals surface area contributed by atoms with Crippen molar-refractivity contribution in [3.05, 3.63) is 0 Å². The van der Waals surface area contributed by atoms with E-state index in [1.165, 1.54) is 5.01 Å². The summed E-state index contributed by atoms with van der Waals surface area (Å²) in [5.74, 6) is -2.91. The number of aliphatic hydroxyl groups is 1. The summed E-state index contributed by atoms with van der Waals surface area (Å²) in [5.41, 5.74) is 2.68. The minimum Gasteiger partial charge on any atom is -0.390 e. The van der Waals surface area contributed by atoms with Crippen LogP contribution in [-0.2, 0) is 24.4 Å². The summed E-state index contributed by atoms with van der Waals surface area (Å²) in [6.45, 7) is 8.64. The van der Waals surface area contributed by atoms with Crippen LogP contribution in [0.25, 0.3) is 0 Å². The van der Waals surface area contributed by atoms with E-state index >= 15 is 0 Å². The highest BCUT2D eigenvalue weighted by Crippen LogP contribution is 2.35. The number of carbonyl (C=O) groups excluding carboxylic acids is 3. The quantitative estimate of drug-likeness (QED) is 0.186. The first kappa shape index (κ1) is 38.3. The fourth-order valence-corrected chi connectivity index (χ4v) is 7.62. The number of primary sulfonamides is 1. The number of hydrogen-bond donors (Lipinski definition) is 4. The van der Waals surface area contributed by atoms with Crippen molar-refractivity contribution in [2.24, 2.45) is 28.8 Å². The first-order chi connectivity index (χ1) is 20.5. The molecular formula is C30H55F2N5O6S. The van der Waals surface area contributed by atoms with Crippen LogP contribution >= 0.6 is 0 Å². The molecule has 0 radical (unpaired) electrons. The number of sulfonamides is 1. The molecule has 2 rings (SSSR count). The Hall–Kier alpha value is -1.90. The molecule has 0 spiro atoms. The summed E-state index contributed by atoms with van der Waals surface area (Å²) in [6.07, 6.45) is -1.97. The zero-order valence-electron chi connectivity index (χ0n) is 27.0. The number of alkyl halides is 2. The maximum absolute atomic E-state index is 14.2. The predicted octanol–water partition coefficient (Wildman–Crippen LogP) is 2.43. The molecule has 256 valence electrons. The van der Waals surface area contributed by atoms with E-state index in [0.717, 1.165) is 12.8 Å². The molecule has 44 heavy (non-hydrogen) atoms. The smallest absolute Gasteiger partial charge is 0.234 e. The van der Waals surface area contributed by atoms with Crippen molar-refractivity contribution in [2.45, 2.75) is 122 Å². The standard InChI is InChI=1S/C30H55F2N5O6S/c1-6-8-37(9-7-2)30(41)22-14-21(15-25(16-22)44(33,42)43)29(40)34-26(13-20-11-23(31)17-24(32)12-20)27(38)18-36(5)35-28(39)10-19(3)4/h19-27,38H,6-18H2,1-5H3,(H,34,40)(H,35,39)(H2,33,42,43). The first-order valence-corrected chi connectivity index (χ1v) is 17.7. The van der Waals surface area contributed by atoms with Crippen molar-refractivity contribution in [2.75, 3.05) is 26.7 Å². The van der Waals surface area contributed by atoms with Gasteiger partial charge in [0.25, 0.3) is 0 Å². The maximum Gasteiger partial charge on any atom is 0.234 e. The molecule has 11 nitrogen and oxygen atoms in total. The van der Waals surface area contributed by atoms with Crippen LogP contribution in [0.1, 0.15) is 91.9 Å². The van der Waals surface area contributed by atoms with Gasteiger partial charge in [-0.25, -0.2) is 27.3 Å². The van der Waals surface area contributed by atoms with Gasteiger partial charge in [0, 0.05) is 51.4 Å². The molecule has 0 aromatic heterocycles. The van der Waals surface area contributed by atoms with Crippen LogP contribution in [-0.4, -0.2) is 97.6 Å². The van der Waals surface area contributed by atoms with Crippen molar-refractivity contribution in [1.29, 1.82) is 0 Å². The van der Waals surface area contributed by atoms with E-state index < -0.39 is 63.4 Å². The lowest BCUT2D eigenvalue weighted by Gasteiger charge is -2.37. The van der Waals surface area contributed by atoms with Gasteiger partial charge < -0.3 is 15.3 Å². The lowest BCUT2D eigenvalue weighted by atomic mass is 9.79. The van der Waals surface area contributed by atoms with Gasteiger partial charge in [-0.2, -0.15) is 0 Å². The van der Waals surface area contributed by atoms with Gasteiger partial charge >= 0.3 is 0 Å². The van der Waals surface area contributed by atoms with Gasteiger partial charge in [0.05, 0.1) is 17.4 Å². The summed E-state index contributed by atoms with van der Waals surface area (Å²) in [7, 11) is -2.48. The largest absolute Gasteiger partial charge is 0.390 e. The molecule has 0 aromatic carbocycles. The molecular weight excluding hydrogens is 596 g/mol. The Kier molecular flexibility index (Phi) is 15.4. The van der Waals surface area contributed by atoms with Gasteiger partial charge in [-0.1, -0.05) is 27.7 Å². The van der Waals surface area contributed by atoms with Gasteiger partial charge in [0.15, 0.2) is 0 Å². The Morgan fingerprint density at radius 3 is 2.05 bits per heavy atom. The summed E-state index contributed by atoms with van der Waals surface area (Å²) in [4.78, 5) is 41.1. The van der Waals surface area contributed by atoms with Crippen molar-refractivity contribution in [1.82, 2.24) is 20.7 Å². The minimum atomic E-state index is -4.06. The van der Waals surface area contributed by atoms with Gasteiger partial charge in [0.1, 0.15) is 12.3 Å². The summed E-state index contributed by atoms with van der Waals surface area (Å²) in [6, 6.07) is -0.935. The van der Waals surface area contributed by atoms with Crippen LogP contribution in [0.5, 0.6) is 0 Å². The second kappa shape index (κ2) is 17.7. The number of nitrogens with one attached hydrogen (secondary N) is 2. The van der Waals surface area contributed by atoms with Crippen LogP contribution in [0, 0.1) is 23.7 Å². The van der Waals surface area contributed by atoms with Gasteiger partial charge in [-0.3, -0.25) is 19.8 Å². The van der Waals surface area contributed by atoms with E-state index in [1.54, 1.807) is 11.9 Å². The molecule has 0 saturated heterocycles. The second-order valence-electron chi connectivity index (χ2n) is 13.3. The number of rotatable bonds is 16. The Balaban J connectivity index is 2.26. The van der Waals surface area contributed by atoms with E-state index in [2.05, 4.69) is 10.7 Å². The summed E-state index contributed by atoms with van der Waals surface area (Å²) in [5, 5.41) is 19.9. The zero-order chi connectivity index (χ0) is 33.2. The lowest BCUT2D eigenvalue weighted by Crippen LogP contribution is -2.54. The Labute approximate surface area is 262 Å². The Morgan fingerprint density at radius 1 is 0.955 bits per heavy atom. The number of aliphatic hydroxyl groups excluding tert-OH is 1. The number of amides is 3. The third kappa shape index (κ3) is 12.5. The van der Waals surface area contributed by atoms with E-state index in [0.29, 0.717) is 13.1 Å². The number of nitrogens with zero attached hydrogens (tertiary/aromatic N) is 2. The number of hydrogen-bond acceptors (Lipinski definition) is 7. The van der Waals surface area contributed by atoms with Crippen LogP contribution in [0.2, 0.25) is 0 Å². The van der Waals surface area contributed by atoms with Crippen molar-refractivity contribution in [3.63, 3.8) is 0 Å². The molecule has 5 N–H and O–H groups in total. The average molecular weight is 652 g/mol. The average Bonchev–Trinajstić information content (AvgIpc) is 2.90. The molecule has 2 saturated carbocycles. The van der Waals surface area contributed by atoms with Crippen molar-refractivity contribution < 1.29 is 36.7 Å². The van der Waals surface area contributed by atoms with Gasteiger partial charge in [-0.05, 0) is 63.2 Å². The fourth-order valence-electron chi connectivity index (χ4n) is 6.62. The molecule has 0 aromatic rings. The van der Waals surface area contributed by atoms with Crippen LogP contribution in [0.15, 0.2) is 0 Å². The number of nitrogens with two attached hydrogens (primary N) is 1. The highest BCUT2D eigenvalue weighted by Gasteiger charge is 2.42. The zero-order valence-corrected chi connectivity index (χ0v) is 27.8. The maximum atomic E-state index is 14.2. The first-order valence-electron chi connectivity index (χ1n) is 16.1. The highest BCUT2D eigenvalue weighted by molar-refractivity contribution is 7.89. The number of halogens is 2. The van der Waals surface area contributed by atoms with E-state index in [1.807, 2.05) is 27.7 Å². The fraction of sp³-hybridized carbons (Fsp3) is 0.900. The molecule has 2 aliphatic carbocycles. The molecule has 0 aliphatic heterocycles. The van der Waals surface area contributed by atoms with Gasteiger partial charge in [-0.15, -0.1) is 0 Å². The lowest BCUT2D eigenvalue weighted by molar-refractivity contribution is -0.138. The third-order valence-electron chi connectivity index (χ3n) is 8.59. The number of carbonyl (C=O) groups is 3. The monoisotopic (exact) mass is 651 g/mol. The molecule has 2 fully saturated rings. The Morgan fingerprint density at radius 2 is 1.52 bits per heavy atom. The van der Waals surface area contributed by atoms with E-state index in [9.17, 15) is 36.7 Å². The van der Waals surface area contributed by atoms with Crippen LogP contribution < -0.4 is 15.9 Å². The normalized spacial score (nSPS) is 27.5. The second-order valence-corrected chi connectivity index (χ2v) is 15.2. The molecule has 7 unspecified atom stereocenters. The predicted molar refractivity (Wildman–Crippen MR) is 165 cm³/mol. The van der Waals surface area contributed by atoms with Crippen molar-refractivity contribution in [3.8, 4) is 0 Å². The topological polar surface area (TPSA) is 162 Å². The Bertz CT molecular complexity index is 1030. The summed E-state index contributed by atoms with van der Waals surface area (Å²) < 4.78 is 53.4. The SMILES string of the molecule is CCCN(CCC)C(=O)C1CC(C(=O)NC(CC2CC(F)CC(F)C2)C(O)CN(C)NC(=O)CC(C)C)CC(S(N)(=O)=O)C1. The molecule has 7 atom stereocenters. The van der Waals surface area contributed by atoms with Crippen molar-refractivity contribution >= 4 is 27.7 Å². The molecule has 0 bridgehead atoms.